The average molecular weight is 343 g/mol. The number of rotatable bonds is 6. The van der Waals surface area contributed by atoms with Crippen LogP contribution in [0.15, 0.2) is 24.5 Å². The molecule has 4 atom stereocenters. The number of likely N-dealkylation sites (N-methyl/N-ethyl adjacent to an activating group) is 1. The summed E-state index contributed by atoms with van der Waals surface area (Å²) in [5.41, 5.74) is 1.13. The third-order valence-electron chi connectivity index (χ3n) is 6.30. The van der Waals surface area contributed by atoms with Gasteiger partial charge in [0.05, 0.1) is 12.6 Å². The van der Waals surface area contributed by atoms with E-state index >= 15 is 0 Å². The highest BCUT2D eigenvalue weighted by atomic mass is 16.5. The van der Waals surface area contributed by atoms with Crippen LogP contribution in [-0.4, -0.2) is 48.1 Å². The quantitative estimate of drug-likeness (QED) is 0.860. The van der Waals surface area contributed by atoms with Crippen LogP contribution < -0.4 is 5.32 Å². The van der Waals surface area contributed by atoms with Crippen LogP contribution in [0.5, 0.6) is 0 Å². The van der Waals surface area contributed by atoms with Gasteiger partial charge >= 0.3 is 0 Å². The van der Waals surface area contributed by atoms with Gasteiger partial charge in [-0.2, -0.15) is 0 Å². The van der Waals surface area contributed by atoms with Crippen molar-refractivity contribution in [3.63, 3.8) is 0 Å². The van der Waals surface area contributed by atoms with Gasteiger partial charge in [-0.05, 0) is 31.0 Å². The van der Waals surface area contributed by atoms with E-state index in [0.29, 0.717) is 30.5 Å². The third-order valence-corrected chi connectivity index (χ3v) is 6.30. The standard InChI is InChI=1S/C20H29N3O2/c1-23(12-14-5-4-9-21-11-14)13-17(24)22-19-16-8-10-25-20(16)18(19)15-6-2-3-7-15/h4-5,9,11,15-16,18-20H,2-3,6-8,10,12-13H2,1H3,(H,22,24)/t16-,18+,19-,20-/m0/s1. The number of amides is 1. The highest BCUT2D eigenvalue weighted by molar-refractivity contribution is 5.78. The number of ether oxygens (including phenoxy) is 1. The van der Waals surface area contributed by atoms with Gasteiger partial charge in [0.25, 0.3) is 0 Å². The molecule has 5 heteroatoms. The highest BCUT2D eigenvalue weighted by Crippen LogP contribution is 2.51. The molecule has 0 spiro atoms. The number of pyridine rings is 1. The summed E-state index contributed by atoms with van der Waals surface area (Å²) >= 11 is 0. The molecule has 0 unspecified atom stereocenters. The van der Waals surface area contributed by atoms with Gasteiger partial charge in [0.15, 0.2) is 0 Å². The number of fused-ring (bicyclic) bond motifs is 1. The zero-order chi connectivity index (χ0) is 17.2. The molecule has 1 aromatic heterocycles. The minimum Gasteiger partial charge on any atom is -0.377 e. The fourth-order valence-electron chi connectivity index (χ4n) is 5.20. The molecule has 1 saturated heterocycles. The second-order valence-corrected chi connectivity index (χ2v) is 8.04. The van der Waals surface area contributed by atoms with Gasteiger partial charge in [-0.1, -0.05) is 31.7 Å². The lowest BCUT2D eigenvalue weighted by atomic mass is 9.61. The largest absolute Gasteiger partial charge is 0.377 e. The maximum atomic E-state index is 12.6. The van der Waals surface area contributed by atoms with E-state index in [1.807, 2.05) is 25.4 Å². The van der Waals surface area contributed by atoms with Gasteiger partial charge in [-0.3, -0.25) is 14.7 Å². The van der Waals surface area contributed by atoms with E-state index in [4.69, 9.17) is 4.74 Å². The van der Waals surface area contributed by atoms with Gasteiger partial charge in [0.1, 0.15) is 0 Å². The molecule has 0 radical (unpaired) electrons. The van der Waals surface area contributed by atoms with Crippen molar-refractivity contribution in [2.45, 2.75) is 50.8 Å². The molecule has 2 aliphatic carbocycles. The molecule has 5 nitrogen and oxygen atoms in total. The normalized spacial score (nSPS) is 31.8. The van der Waals surface area contributed by atoms with Crippen molar-refractivity contribution in [2.75, 3.05) is 20.2 Å². The second-order valence-electron chi connectivity index (χ2n) is 8.04. The minimum absolute atomic E-state index is 0.143. The van der Waals surface area contributed by atoms with E-state index in [2.05, 4.69) is 15.2 Å². The summed E-state index contributed by atoms with van der Waals surface area (Å²) in [5, 5.41) is 3.36. The molecule has 0 bridgehead atoms. The molecule has 136 valence electrons. The summed E-state index contributed by atoms with van der Waals surface area (Å²) < 4.78 is 5.98. The van der Waals surface area contributed by atoms with E-state index in [9.17, 15) is 4.79 Å². The molecule has 0 aromatic carbocycles. The Bertz CT molecular complexity index is 583. The van der Waals surface area contributed by atoms with E-state index in [0.717, 1.165) is 31.1 Å². The summed E-state index contributed by atoms with van der Waals surface area (Å²) in [7, 11) is 1.99. The topological polar surface area (TPSA) is 54.5 Å². The molecule has 2 saturated carbocycles. The lowest BCUT2D eigenvalue weighted by Gasteiger charge is -2.50. The maximum Gasteiger partial charge on any atom is 0.234 e. The number of hydrogen-bond acceptors (Lipinski definition) is 4. The second kappa shape index (κ2) is 7.42. The lowest BCUT2D eigenvalue weighted by molar-refractivity contribution is -0.130. The molecule has 3 fully saturated rings. The Morgan fingerprint density at radius 2 is 2.20 bits per heavy atom. The number of aromatic nitrogens is 1. The Morgan fingerprint density at radius 3 is 2.96 bits per heavy atom. The Hall–Kier alpha value is -1.46. The number of carbonyl (C=O) groups excluding carboxylic acids is 1. The molecule has 2 heterocycles. The first-order valence-electron chi connectivity index (χ1n) is 9.71. The zero-order valence-corrected chi connectivity index (χ0v) is 15.1. The van der Waals surface area contributed by atoms with Gasteiger partial charge in [-0.15, -0.1) is 0 Å². The van der Waals surface area contributed by atoms with Crippen LogP contribution in [0.3, 0.4) is 0 Å². The Morgan fingerprint density at radius 1 is 1.36 bits per heavy atom. The molecule has 4 rings (SSSR count). The fourth-order valence-corrected chi connectivity index (χ4v) is 5.20. The van der Waals surface area contributed by atoms with E-state index in [1.54, 1.807) is 6.20 Å². The first-order chi connectivity index (χ1) is 12.2. The van der Waals surface area contributed by atoms with Crippen LogP contribution in [-0.2, 0) is 16.1 Å². The van der Waals surface area contributed by atoms with Crippen molar-refractivity contribution >= 4 is 5.91 Å². The Labute approximate surface area is 150 Å². The number of nitrogens with zero attached hydrogens (tertiary/aromatic N) is 2. The Kier molecular flexibility index (Phi) is 5.04. The maximum absolute atomic E-state index is 12.6. The summed E-state index contributed by atoms with van der Waals surface area (Å²) in [6.07, 6.45) is 10.4. The summed E-state index contributed by atoms with van der Waals surface area (Å²) in [5.74, 6) is 1.98. The Balaban J connectivity index is 1.31. The first-order valence-corrected chi connectivity index (χ1v) is 9.71. The smallest absolute Gasteiger partial charge is 0.234 e. The minimum atomic E-state index is 0.143. The van der Waals surface area contributed by atoms with Crippen molar-refractivity contribution in [2.24, 2.45) is 17.8 Å². The molecule has 1 N–H and O–H groups in total. The number of carbonyl (C=O) groups is 1. The lowest BCUT2D eigenvalue weighted by Crippen LogP contribution is -2.64. The molecule has 1 amide bonds. The van der Waals surface area contributed by atoms with Crippen LogP contribution in [0.4, 0.5) is 0 Å². The summed E-state index contributed by atoms with van der Waals surface area (Å²) in [4.78, 5) is 18.8. The van der Waals surface area contributed by atoms with Crippen molar-refractivity contribution < 1.29 is 9.53 Å². The van der Waals surface area contributed by atoms with E-state index < -0.39 is 0 Å². The molecule has 3 aliphatic rings. The summed E-state index contributed by atoms with van der Waals surface area (Å²) in [6, 6.07) is 4.31. The van der Waals surface area contributed by atoms with E-state index in [-0.39, 0.29) is 5.91 Å². The third kappa shape index (κ3) is 3.58. The monoisotopic (exact) mass is 343 g/mol. The molecule has 25 heavy (non-hydrogen) atoms. The predicted octanol–water partition coefficient (Wildman–Crippen LogP) is 2.22. The predicted molar refractivity (Wildman–Crippen MR) is 95.8 cm³/mol. The SMILES string of the molecule is CN(CC(=O)N[C@H]1[C@@H]2CCO[C@@H]2[C@@H]1C1CCCC1)Cc1cccnc1. The van der Waals surface area contributed by atoms with Crippen LogP contribution in [0.1, 0.15) is 37.7 Å². The summed E-state index contributed by atoms with van der Waals surface area (Å²) in [6.45, 7) is 2.04. The van der Waals surface area contributed by atoms with Gasteiger partial charge in [0.2, 0.25) is 5.91 Å². The fraction of sp³-hybridized carbons (Fsp3) is 0.700. The van der Waals surface area contributed by atoms with Gasteiger partial charge in [-0.25, -0.2) is 0 Å². The average Bonchev–Trinajstić information content (AvgIpc) is 3.24. The van der Waals surface area contributed by atoms with Crippen LogP contribution in [0, 0.1) is 17.8 Å². The van der Waals surface area contributed by atoms with E-state index in [1.165, 1.54) is 25.7 Å². The van der Waals surface area contributed by atoms with Gasteiger partial charge in [0, 0.05) is 43.4 Å². The zero-order valence-electron chi connectivity index (χ0n) is 15.1. The van der Waals surface area contributed by atoms with Crippen molar-refractivity contribution in [1.82, 2.24) is 15.2 Å². The van der Waals surface area contributed by atoms with Crippen LogP contribution >= 0.6 is 0 Å². The molecular weight excluding hydrogens is 314 g/mol. The highest BCUT2D eigenvalue weighted by Gasteiger charge is 2.56. The number of nitrogens with one attached hydrogen (secondary N) is 1. The molecule has 1 aliphatic heterocycles. The molecular formula is C20H29N3O2. The van der Waals surface area contributed by atoms with Crippen LogP contribution in [0.2, 0.25) is 0 Å². The van der Waals surface area contributed by atoms with Gasteiger partial charge < -0.3 is 10.1 Å². The number of hydrogen-bond donors (Lipinski definition) is 1. The van der Waals surface area contributed by atoms with Crippen molar-refractivity contribution in [3.8, 4) is 0 Å². The van der Waals surface area contributed by atoms with Crippen molar-refractivity contribution in [3.05, 3.63) is 30.1 Å². The van der Waals surface area contributed by atoms with Crippen LogP contribution in [0.25, 0.3) is 0 Å². The first kappa shape index (κ1) is 17.0. The molecule has 1 aromatic rings. The van der Waals surface area contributed by atoms with Crippen molar-refractivity contribution in [1.29, 1.82) is 0 Å².